The lowest BCUT2D eigenvalue weighted by Crippen LogP contribution is -2.21. The highest BCUT2D eigenvalue weighted by molar-refractivity contribution is 7.99. The summed E-state index contributed by atoms with van der Waals surface area (Å²) in [5.74, 6) is 1.64. The molecule has 0 bridgehead atoms. The molecule has 8 nitrogen and oxygen atoms in total. The van der Waals surface area contributed by atoms with E-state index in [0.29, 0.717) is 11.0 Å². The highest BCUT2D eigenvalue weighted by Gasteiger charge is 2.20. The summed E-state index contributed by atoms with van der Waals surface area (Å²) in [6.45, 7) is 6.88. The lowest BCUT2D eigenvalue weighted by molar-refractivity contribution is -0.113. The predicted molar refractivity (Wildman–Crippen MR) is 138 cm³/mol. The molecule has 3 heterocycles. The molecule has 2 aromatic carbocycles. The van der Waals surface area contributed by atoms with Gasteiger partial charge in [0.15, 0.2) is 11.0 Å². The van der Waals surface area contributed by atoms with Gasteiger partial charge in [-0.1, -0.05) is 47.7 Å². The van der Waals surface area contributed by atoms with E-state index in [1.54, 1.807) is 4.68 Å². The van der Waals surface area contributed by atoms with Crippen LogP contribution in [0.15, 0.2) is 65.8 Å². The first-order valence-corrected chi connectivity index (χ1v) is 12.8. The minimum atomic E-state index is -0.119. The van der Waals surface area contributed by atoms with Crippen LogP contribution in [-0.2, 0) is 11.3 Å². The van der Waals surface area contributed by atoms with Crippen LogP contribution in [0.25, 0.3) is 11.4 Å². The van der Waals surface area contributed by atoms with Gasteiger partial charge in [0, 0.05) is 11.8 Å². The number of nitrogens with zero attached hydrogens (tertiary/aromatic N) is 6. The largest absolute Gasteiger partial charge is 0.310 e. The second-order valence-electron chi connectivity index (χ2n) is 8.81. The molecule has 0 unspecified atom stereocenters. The minimum Gasteiger partial charge on any atom is -0.310 e. The summed E-state index contributed by atoms with van der Waals surface area (Å²) in [5, 5.41) is 17.2. The van der Waals surface area contributed by atoms with Gasteiger partial charge in [-0.15, -0.1) is 10.2 Å². The highest BCUT2D eigenvalue weighted by atomic mass is 32.2. The second-order valence-corrected chi connectivity index (χ2v) is 9.75. The fourth-order valence-electron chi connectivity index (χ4n) is 4.25. The van der Waals surface area contributed by atoms with Gasteiger partial charge in [0.1, 0.15) is 5.82 Å². The molecule has 180 valence electrons. The third-order valence-electron chi connectivity index (χ3n) is 5.99. The zero-order valence-corrected chi connectivity index (χ0v) is 20.8. The van der Waals surface area contributed by atoms with Gasteiger partial charge in [-0.25, -0.2) is 4.68 Å². The Morgan fingerprint density at radius 2 is 1.71 bits per heavy atom. The summed E-state index contributed by atoms with van der Waals surface area (Å²) in [7, 11) is 0. The number of nitrogens with one attached hydrogen (secondary N) is 1. The van der Waals surface area contributed by atoms with Gasteiger partial charge in [-0.2, -0.15) is 5.10 Å². The molecule has 1 amide bonds. The SMILES string of the molecule is Cc1ccc(-n2nc(C)cc2NC(=O)CSc2nnc(CN3CCCC3)n2-c2ccccc2)cc1. The van der Waals surface area contributed by atoms with Crippen molar-refractivity contribution in [3.63, 3.8) is 0 Å². The fraction of sp³-hybridized carbons (Fsp3) is 0.308. The molecule has 1 fully saturated rings. The first-order valence-electron chi connectivity index (χ1n) is 11.9. The molecular weight excluding hydrogens is 458 g/mol. The van der Waals surface area contributed by atoms with E-state index in [2.05, 4.69) is 30.1 Å². The van der Waals surface area contributed by atoms with Crippen molar-refractivity contribution in [2.45, 2.75) is 38.4 Å². The lowest BCUT2D eigenvalue weighted by atomic mass is 10.2. The maximum Gasteiger partial charge on any atom is 0.236 e. The summed E-state index contributed by atoms with van der Waals surface area (Å²) in [5.41, 5.74) is 3.92. The number of likely N-dealkylation sites (tertiary alicyclic amines) is 1. The number of carbonyl (C=O) groups is 1. The van der Waals surface area contributed by atoms with Gasteiger partial charge < -0.3 is 5.32 Å². The third kappa shape index (κ3) is 5.47. The molecule has 1 saturated heterocycles. The monoisotopic (exact) mass is 487 g/mol. The smallest absolute Gasteiger partial charge is 0.236 e. The first-order chi connectivity index (χ1) is 17.1. The number of amides is 1. The van der Waals surface area contributed by atoms with Crippen molar-refractivity contribution in [1.29, 1.82) is 0 Å². The number of benzene rings is 2. The number of aromatic nitrogens is 5. The van der Waals surface area contributed by atoms with Crippen LogP contribution in [0.1, 0.15) is 29.9 Å². The zero-order chi connectivity index (χ0) is 24.2. The van der Waals surface area contributed by atoms with Crippen molar-refractivity contribution < 1.29 is 4.79 Å². The van der Waals surface area contributed by atoms with E-state index in [9.17, 15) is 4.79 Å². The molecule has 0 radical (unpaired) electrons. The van der Waals surface area contributed by atoms with Gasteiger partial charge in [0.25, 0.3) is 0 Å². The van der Waals surface area contributed by atoms with E-state index >= 15 is 0 Å². The Morgan fingerprint density at radius 3 is 2.46 bits per heavy atom. The molecule has 1 aliphatic heterocycles. The van der Waals surface area contributed by atoms with Crippen LogP contribution in [-0.4, -0.2) is 54.2 Å². The molecule has 1 aliphatic rings. The summed E-state index contributed by atoms with van der Waals surface area (Å²) in [6.07, 6.45) is 2.44. The van der Waals surface area contributed by atoms with E-state index in [-0.39, 0.29) is 11.7 Å². The summed E-state index contributed by atoms with van der Waals surface area (Å²) < 4.78 is 3.83. The number of para-hydroxylation sites is 1. The number of thioether (sulfide) groups is 1. The first kappa shape index (κ1) is 23.3. The third-order valence-corrected chi connectivity index (χ3v) is 6.92. The van der Waals surface area contributed by atoms with Crippen molar-refractivity contribution >= 4 is 23.5 Å². The molecule has 35 heavy (non-hydrogen) atoms. The highest BCUT2D eigenvalue weighted by Crippen LogP contribution is 2.24. The Kier molecular flexibility index (Phi) is 6.96. The van der Waals surface area contributed by atoms with Crippen molar-refractivity contribution in [2.24, 2.45) is 0 Å². The Hall–Kier alpha value is -3.43. The summed E-state index contributed by atoms with van der Waals surface area (Å²) in [4.78, 5) is 15.3. The number of aryl methyl sites for hydroxylation is 2. The summed E-state index contributed by atoms with van der Waals surface area (Å²) in [6, 6.07) is 20.0. The number of carbonyl (C=O) groups excluding carboxylic acids is 1. The molecule has 0 aliphatic carbocycles. The average Bonchev–Trinajstić information content (AvgIpc) is 3.60. The van der Waals surface area contributed by atoms with Crippen molar-refractivity contribution in [3.05, 3.63) is 77.7 Å². The van der Waals surface area contributed by atoms with Crippen molar-refractivity contribution in [3.8, 4) is 11.4 Å². The van der Waals surface area contributed by atoms with Crippen LogP contribution in [0.4, 0.5) is 5.82 Å². The van der Waals surface area contributed by atoms with Crippen LogP contribution in [0.5, 0.6) is 0 Å². The zero-order valence-electron chi connectivity index (χ0n) is 20.0. The van der Waals surface area contributed by atoms with Gasteiger partial charge in [-0.05, 0) is 64.0 Å². The maximum atomic E-state index is 12.9. The number of rotatable bonds is 8. The van der Waals surface area contributed by atoms with E-state index in [4.69, 9.17) is 0 Å². The van der Waals surface area contributed by atoms with Crippen LogP contribution in [0.3, 0.4) is 0 Å². The van der Waals surface area contributed by atoms with Crippen molar-refractivity contribution in [1.82, 2.24) is 29.4 Å². The van der Waals surface area contributed by atoms with E-state index in [1.807, 2.05) is 74.5 Å². The van der Waals surface area contributed by atoms with Gasteiger partial charge in [0.2, 0.25) is 5.91 Å². The van der Waals surface area contributed by atoms with E-state index in [0.717, 1.165) is 42.5 Å². The molecule has 0 spiro atoms. The molecule has 2 aromatic heterocycles. The summed E-state index contributed by atoms with van der Waals surface area (Å²) >= 11 is 1.39. The molecule has 0 saturated carbocycles. The predicted octanol–water partition coefficient (Wildman–Crippen LogP) is 4.40. The fourth-order valence-corrected chi connectivity index (χ4v) is 5.02. The molecule has 9 heteroatoms. The van der Waals surface area contributed by atoms with Gasteiger partial charge >= 0.3 is 0 Å². The quantitative estimate of drug-likeness (QED) is 0.371. The van der Waals surface area contributed by atoms with Gasteiger partial charge in [0.05, 0.1) is 23.7 Å². The van der Waals surface area contributed by atoms with Crippen LogP contribution in [0.2, 0.25) is 0 Å². The normalized spacial score (nSPS) is 13.9. The molecular formula is C26H29N7OS. The topological polar surface area (TPSA) is 80.9 Å². The lowest BCUT2D eigenvalue weighted by Gasteiger charge is -2.16. The van der Waals surface area contributed by atoms with E-state index < -0.39 is 0 Å². The van der Waals surface area contributed by atoms with Crippen LogP contribution < -0.4 is 5.32 Å². The van der Waals surface area contributed by atoms with Gasteiger partial charge in [-0.3, -0.25) is 14.3 Å². The maximum absolute atomic E-state index is 12.9. The second kappa shape index (κ2) is 10.5. The van der Waals surface area contributed by atoms with Crippen LogP contribution >= 0.6 is 11.8 Å². The van der Waals surface area contributed by atoms with Crippen LogP contribution in [0, 0.1) is 13.8 Å². The Morgan fingerprint density at radius 1 is 0.971 bits per heavy atom. The Bertz CT molecular complexity index is 1290. The molecule has 4 aromatic rings. The number of hydrogen-bond acceptors (Lipinski definition) is 6. The minimum absolute atomic E-state index is 0.119. The van der Waals surface area contributed by atoms with Crippen molar-refractivity contribution in [2.75, 3.05) is 24.2 Å². The number of hydrogen-bond donors (Lipinski definition) is 1. The molecule has 5 rings (SSSR count). The molecule has 0 atom stereocenters. The van der Waals surface area contributed by atoms with E-state index in [1.165, 1.54) is 30.2 Å². The standard InChI is InChI=1S/C26H29N7OS/c1-19-10-12-22(13-11-19)33-23(16-20(2)30-33)27-25(34)18-35-26-29-28-24(17-31-14-6-7-15-31)32(26)21-8-4-3-5-9-21/h3-5,8-13,16H,6-7,14-15,17-18H2,1-2H3,(H,27,34). The Labute approximate surface area is 209 Å². The average molecular weight is 488 g/mol. The Balaban J connectivity index is 1.31. The molecule has 1 N–H and O–H groups in total. The number of anilines is 1.